The summed E-state index contributed by atoms with van der Waals surface area (Å²) in [6.07, 6.45) is 22.4. The molecule has 0 amide bonds. The molecule has 0 spiro atoms. The highest BCUT2D eigenvalue weighted by Crippen LogP contribution is 2.14. The molecule has 0 heterocycles. The van der Waals surface area contributed by atoms with Gasteiger partial charge in [0.25, 0.3) is 0 Å². The van der Waals surface area contributed by atoms with Crippen molar-refractivity contribution < 1.29 is 0 Å². The Kier molecular flexibility index (Phi) is 11.4. The van der Waals surface area contributed by atoms with Crippen molar-refractivity contribution in [3.05, 3.63) is 85.6 Å². The largest absolute Gasteiger partial charge is 0.0991 e. The van der Waals surface area contributed by atoms with Crippen LogP contribution in [0.1, 0.15) is 32.6 Å². The van der Waals surface area contributed by atoms with Crippen LogP contribution in [0.2, 0.25) is 0 Å². The lowest BCUT2D eigenvalue weighted by Gasteiger charge is -2.03. The van der Waals surface area contributed by atoms with Crippen LogP contribution in [0, 0.1) is 0 Å². The lowest BCUT2D eigenvalue weighted by atomic mass is 10.0. The zero-order valence-electron chi connectivity index (χ0n) is 12.1. The van der Waals surface area contributed by atoms with Crippen LogP contribution in [0.4, 0.5) is 0 Å². The highest BCUT2D eigenvalue weighted by Gasteiger charge is 1.95. The topological polar surface area (TPSA) is 0 Å². The van der Waals surface area contributed by atoms with Gasteiger partial charge in [-0.2, -0.15) is 0 Å². The first-order valence-electron chi connectivity index (χ1n) is 6.83. The van der Waals surface area contributed by atoms with Gasteiger partial charge in [-0.1, -0.05) is 74.4 Å². The summed E-state index contributed by atoms with van der Waals surface area (Å²) in [5.74, 6) is 0. The molecule has 0 heteroatoms. The van der Waals surface area contributed by atoms with Crippen molar-refractivity contribution in [3.8, 4) is 0 Å². The fourth-order valence-corrected chi connectivity index (χ4v) is 1.70. The fraction of sp³-hybridized carbons (Fsp3) is 0.263. The number of allylic oxidation sites excluding steroid dienone is 11. The van der Waals surface area contributed by atoms with Crippen LogP contribution in [0.5, 0.6) is 0 Å². The van der Waals surface area contributed by atoms with Gasteiger partial charge in [0.1, 0.15) is 0 Å². The van der Waals surface area contributed by atoms with Crippen molar-refractivity contribution in [2.24, 2.45) is 0 Å². The third kappa shape index (κ3) is 9.84. The Labute approximate surface area is 118 Å². The monoisotopic (exact) mass is 254 g/mol. The number of rotatable bonds is 10. The van der Waals surface area contributed by atoms with E-state index in [9.17, 15) is 0 Å². The summed E-state index contributed by atoms with van der Waals surface area (Å²) in [4.78, 5) is 0. The molecule has 0 rings (SSSR count). The second-order valence-corrected chi connectivity index (χ2v) is 4.25. The van der Waals surface area contributed by atoms with Gasteiger partial charge in [0.05, 0.1) is 0 Å². The zero-order valence-corrected chi connectivity index (χ0v) is 12.1. The van der Waals surface area contributed by atoms with Gasteiger partial charge in [-0.25, -0.2) is 0 Å². The normalized spacial score (nSPS) is 13.1. The summed E-state index contributed by atoms with van der Waals surface area (Å²) in [6.45, 7) is 13.3. The van der Waals surface area contributed by atoms with E-state index in [2.05, 4.69) is 44.0 Å². The Morgan fingerprint density at radius 3 is 2.05 bits per heavy atom. The van der Waals surface area contributed by atoms with Crippen molar-refractivity contribution in [2.45, 2.75) is 32.6 Å². The van der Waals surface area contributed by atoms with Crippen molar-refractivity contribution in [2.75, 3.05) is 0 Å². The zero-order chi connectivity index (χ0) is 14.3. The van der Waals surface area contributed by atoms with Crippen LogP contribution < -0.4 is 0 Å². The maximum absolute atomic E-state index is 3.85. The maximum atomic E-state index is 3.85. The summed E-state index contributed by atoms with van der Waals surface area (Å²) < 4.78 is 0. The van der Waals surface area contributed by atoms with Gasteiger partial charge < -0.3 is 0 Å². The molecule has 0 fully saturated rings. The van der Waals surface area contributed by atoms with E-state index in [1.165, 1.54) is 24.0 Å². The molecule has 0 unspecified atom stereocenters. The number of unbranched alkanes of at least 4 members (excludes halogenated alkanes) is 1. The summed E-state index contributed by atoms with van der Waals surface area (Å²) >= 11 is 0. The van der Waals surface area contributed by atoms with Crippen LogP contribution in [0.15, 0.2) is 85.6 Å². The van der Waals surface area contributed by atoms with E-state index in [0.29, 0.717) is 0 Å². The lowest BCUT2D eigenvalue weighted by Crippen LogP contribution is -1.84. The van der Waals surface area contributed by atoms with Crippen molar-refractivity contribution in [1.29, 1.82) is 0 Å². The van der Waals surface area contributed by atoms with E-state index < -0.39 is 0 Å². The molecule has 0 radical (unpaired) electrons. The minimum Gasteiger partial charge on any atom is -0.0991 e. The van der Waals surface area contributed by atoms with E-state index in [1.54, 1.807) is 6.08 Å². The van der Waals surface area contributed by atoms with Crippen molar-refractivity contribution in [1.82, 2.24) is 0 Å². The molecule has 0 N–H and O–H groups in total. The van der Waals surface area contributed by atoms with E-state index in [0.717, 1.165) is 12.8 Å². The van der Waals surface area contributed by atoms with Gasteiger partial charge >= 0.3 is 0 Å². The molecule has 0 atom stereocenters. The summed E-state index contributed by atoms with van der Waals surface area (Å²) in [6, 6.07) is 0. The Hall–Kier alpha value is -1.82. The van der Waals surface area contributed by atoms with Gasteiger partial charge in [0, 0.05) is 0 Å². The summed E-state index contributed by atoms with van der Waals surface area (Å²) in [5, 5.41) is 0. The van der Waals surface area contributed by atoms with E-state index in [-0.39, 0.29) is 0 Å². The second kappa shape index (κ2) is 12.6. The average molecular weight is 254 g/mol. The smallest absolute Gasteiger partial charge is 0.0279 e. The molecule has 0 saturated carbocycles. The van der Waals surface area contributed by atoms with Crippen LogP contribution >= 0.6 is 0 Å². The van der Waals surface area contributed by atoms with Gasteiger partial charge in [-0.3, -0.25) is 0 Å². The third-order valence-electron chi connectivity index (χ3n) is 2.72. The van der Waals surface area contributed by atoms with E-state index >= 15 is 0 Å². The highest BCUT2D eigenvalue weighted by atomic mass is 14.0. The molecule has 0 bridgehead atoms. The average Bonchev–Trinajstić information content (AvgIpc) is 2.43. The molecule has 0 aliphatic carbocycles. The van der Waals surface area contributed by atoms with E-state index in [4.69, 9.17) is 0 Å². The molecular weight excluding hydrogens is 228 g/mol. The molecular formula is C19H26. The van der Waals surface area contributed by atoms with Gasteiger partial charge in [0.2, 0.25) is 0 Å². The molecule has 0 aromatic rings. The van der Waals surface area contributed by atoms with E-state index in [1.807, 2.05) is 31.2 Å². The predicted molar refractivity (Wildman–Crippen MR) is 89.2 cm³/mol. The van der Waals surface area contributed by atoms with Gasteiger partial charge in [-0.05, 0) is 43.8 Å². The fourth-order valence-electron chi connectivity index (χ4n) is 1.70. The Morgan fingerprint density at radius 1 is 0.842 bits per heavy atom. The van der Waals surface area contributed by atoms with Crippen LogP contribution in [-0.2, 0) is 0 Å². The minimum absolute atomic E-state index is 1.07. The molecule has 0 aromatic carbocycles. The Morgan fingerprint density at radius 2 is 1.53 bits per heavy atom. The second-order valence-electron chi connectivity index (χ2n) is 4.25. The minimum atomic E-state index is 1.07. The van der Waals surface area contributed by atoms with Crippen molar-refractivity contribution in [3.63, 3.8) is 0 Å². The first kappa shape index (κ1) is 17.2. The van der Waals surface area contributed by atoms with Crippen LogP contribution in [0.3, 0.4) is 0 Å². The standard InChI is InChI=1S/C19H26/c1-5-9-14-18(8-4)16-11-12-17-19(13-7-3)15-10-6-2/h5-10,13-15H,2-4,11-12,16-17H2,1H3/b9-5-,15-10-,18-14+,19-13+. The van der Waals surface area contributed by atoms with Crippen LogP contribution in [-0.4, -0.2) is 0 Å². The molecule has 0 nitrogen and oxygen atoms in total. The van der Waals surface area contributed by atoms with Gasteiger partial charge in [-0.15, -0.1) is 0 Å². The third-order valence-corrected chi connectivity index (χ3v) is 2.72. The quantitative estimate of drug-likeness (QED) is 0.327. The predicted octanol–water partition coefficient (Wildman–Crippen LogP) is 6.09. The number of hydrogen-bond acceptors (Lipinski definition) is 0. The maximum Gasteiger partial charge on any atom is -0.0279 e. The van der Waals surface area contributed by atoms with Crippen LogP contribution in [0.25, 0.3) is 0 Å². The molecule has 102 valence electrons. The lowest BCUT2D eigenvalue weighted by molar-refractivity contribution is 0.738. The molecule has 0 aromatic heterocycles. The SMILES string of the molecule is C=C/C=C\C(=C/C=C)CCCC/C(C=C)=C/C=C\C. The number of hydrogen-bond donors (Lipinski definition) is 0. The highest BCUT2D eigenvalue weighted by molar-refractivity contribution is 5.25. The first-order valence-corrected chi connectivity index (χ1v) is 6.83. The summed E-state index contributed by atoms with van der Waals surface area (Å²) in [7, 11) is 0. The molecule has 19 heavy (non-hydrogen) atoms. The Bertz CT molecular complexity index is 386. The van der Waals surface area contributed by atoms with Crippen molar-refractivity contribution >= 4 is 0 Å². The molecule has 0 aliphatic heterocycles. The molecule has 0 saturated heterocycles. The first-order chi connectivity index (χ1) is 9.28. The summed E-state index contributed by atoms with van der Waals surface area (Å²) in [5.41, 5.74) is 2.60. The van der Waals surface area contributed by atoms with Gasteiger partial charge in [0.15, 0.2) is 0 Å². The molecule has 0 aliphatic rings. The Balaban J connectivity index is 4.16.